The molecule has 6 aromatic carbocycles. The van der Waals surface area contributed by atoms with Crippen molar-refractivity contribution in [3.05, 3.63) is 167 Å². The van der Waals surface area contributed by atoms with Crippen LogP contribution in [0.3, 0.4) is 0 Å². The fourth-order valence-electron chi connectivity index (χ4n) is 6.98. The molecule has 2 aromatic heterocycles. The minimum atomic E-state index is -3.90. The number of phenols is 1. The van der Waals surface area contributed by atoms with Crippen molar-refractivity contribution in [1.29, 1.82) is 0 Å². The summed E-state index contributed by atoms with van der Waals surface area (Å²) in [7, 11) is 0. The number of fused-ring (bicyclic) bond motifs is 1. The average Bonchev–Trinajstić information content (AvgIpc) is 3.69. The SMILES string of the molecule is [2H]c1cc(-c2c([2H])c([2H])c(C(C([2H])([2H])[2H])(C([2H])([2H])[2H])C([2H])([2H])[2H])c([2H])c2[2H])c([2H])c(-c2[c-]c(-c3cccc4c3nc(-c3cc(C)cc(C)c3O)n4-c3ccc(C([2H])([2H])[2H])cc3-c3ccccc3)cc(C(C)(C)C)c2)n1.[Pt]. The van der Waals surface area contributed by atoms with Crippen LogP contribution in [0.25, 0.3) is 72.7 Å². The first kappa shape index (κ1) is 23.7. The Morgan fingerprint density at radius 2 is 1.43 bits per heavy atom. The number of hydrogen-bond acceptors (Lipinski definition) is 3. The molecule has 0 amide bonds. The maximum atomic E-state index is 11.8. The Labute approximate surface area is 383 Å². The third kappa shape index (κ3) is 7.83. The smallest absolute Gasteiger partial charge is 0.148 e. The van der Waals surface area contributed by atoms with Crippen LogP contribution in [-0.2, 0) is 31.9 Å². The van der Waals surface area contributed by atoms with Gasteiger partial charge in [0, 0.05) is 54.9 Å². The van der Waals surface area contributed by atoms with Crippen LogP contribution in [0.1, 0.15) is 93.8 Å². The van der Waals surface area contributed by atoms with E-state index in [4.69, 9.17) is 28.3 Å². The Morgan fingerprint density at radius 3 is 2.16 bits per heavy atom. The molecule has 0 aliphatic heterocycles. The molecule has 0 aliphatic rings. The quantitative estimate of drug-likeness (QED) is 0.169. The van der Waals surface area contributed by atoms with Crippen LogP contribution in [0.5, 0.6) is 5.75 Å². The second-order valence-electron chi connectivity index (χ2n) is 15.2. The molecule has 0 atom stereocenters. The molecule has 0 aliphatic carbocycles. The van der Waals surface area contributed by atoms with Crippen molar-refractivity contribution in [1.82, 2.24) is 14.5 Å². The van der Waals surface area contributed by atoms with Crippen LogP contribution in [0, 0.1) is 26.8 Å². The van der Waals surface area contributed by atoms with Crippen molar-refractivity contribution in [2.45, 2.75) is 72.9 Å². The summed E-state index contributed by atoms with van der Waals surface area (Å²) >= 11 is 0. The predicted octanol–water partition coefficient (Wildman–Crippen LogP) is 13.8. The van der Waals surface area contributed by atoms with Crippen LogP contribution in [0.2, 0.25) is 0 Å². The molecular formula is C53H50N3OPt-. The number of aryl methyl sites for hydroxylation is 3. The summed E-state index contributed by atoms with van der Waals surface area (Å²) in [6.45, 7) is -4.62. The minimum absolute atomic E-state index is 0. The van der Waals surface area contributed by atoms with E-state index < -0.39 is 85.7 Å². The zero-order valence-electron chi connectivity index (χ0n) is 50.3. The Bertz CT molecular complexity index is 3530. The van der Waals surface area contributed by atoms with Gasteiger partial charge in [0.1, 0.15) is 11.6 Å². The molecule has 5 heteroatoms. The number of benzene rings is 6. The van der Waals surface area contributed by atoms with E-state index in [0.29, 0.717) is 55.9 Å². The monoisotopic (exact) mass is 957 g/mol. The molecule has 0 unspecified atom stereocenters. The summed E-state index contributed by atoms with van der Waals surface area (Å²) in [4.78, 5) is 9.69. The fourth-order valence-corrected chi connectivity index (χ4v) is 6.98. The zero-order chi connectivity index (χ0) is 55.4. The second kappa shape index (κ2) is 15.6. The molecule has 294 valence electrons. The third-order valence-corrected chi connectivity index (χ3v) is 9.88. The number of aromatic hydroxyl groups is 1. The molecule has 58 heavy (non-hydrogen) atoms. The summed E-state index contributed by atoms with van der Waals surface area (Å²) in [5, 5.41) is 11.8. The first-order chi connectivity index (χ1) is 34.6. The van der Waals surface area contributed by atoms with Crippen LogP contribution in [-0.4, -0.2) is 19.6 Å². The summed E-state index contributed by atoms with van der Waals surface area (Å²) < 4.78 is 155. The summed E-state index contributed by atoms with van der Waals surface area (Å²) in [6.07, 6.45) is -0.493. The average molecular weight is 958 g/mol. The van der Waals surface area contributed by atoms with Crippen molar-refractivity contribution >= 4 is 11.0 Å². The Balaban J connectivity index is 0.00000840. The van der Waals surface area contributed by atoms with Gasteiger partial charge in [-0.25, -0.2) is 4.98 Å². The van der Waals surface area contributed by atoms with Crippen molar-refractivity contribution in [2.75, 3.05) is 0 Å². The second-order valence-corrected chi connectivity index (χ2v) is 15.2. The van der Waals surface area contributed by atoms with Crippen LogP contribution in [0.4, 0.5) is 0 Å². The van der Waals surface area contributed by atoms with Gasteiger partial charge < -0.3 is 5.11 Å². The van der Waals surface area contributed by atoms with Gasteiger partial charge in [-0.1, -0.05) is 143 Å². The van der Waals surface area contributed by atoms with E-state index in [9.17, 15) is 6.48 Å². The minimum Gasteiger partial charge on any atom is -0.507 e. The molecule has 0 bridgehead atoms. The van der Waals surface area contributed by atoms with Crippen molar-refractivity contribution < 1.29 is 50.8 Å². The number of aromatic nitrogens is 3. The normalized spacial score (nSPS) is 17.2. The van der Waals surface area contributed by atoms with Gasteiger partial charge in [-0.2, -0.15) is 0 Å². The van der Waals surface area contributed by atoms with Crippen LogP contribution < -0.4 is 0 Å². The van der Waals surface area contributed by atoms with Crippen molar-refractivity contribution in [2.24, 2.45) is 0 Å². The van der Waals surface area contributed by atoms with Gasteiger partial charge in [-0.05, 0) is 95.2 Å². The molecule has 1 N–H and O–H groups in total. The number of phenolic OH excluding ortho intramolecular Hbond substituents is 1. The first-order valence-electron chi connectivity index (χ1n) is 27.3. The fraction of sp³-hybridized carbons (Fsp3) is 0.208. The number of pyridine rings is 1. The van der Waals surface area contributed by atoms with Gasteiger partial charge in [0.05, 0.1) is 30.5 Å². The number of rotatable bonds is 6. The maximum absolute atomic E-state index is 11.8. The molecule has 8 rings (SSSR count). The van der Waals surface area contributed by atoms with Gasteiger partial charge >= 0.3 is 0 Å². The molecular weight excluding hydrogens is 890 g/mol. The topological polar surface area (TPSA) is 50.9 Å². The van der Waals surface area contributed by atoms with Gasteiger partial charge in [0.25, 0.3) is 0 Å². The number of nitrogens with zero attached hydrogens (tertiary/aromatic N) is 3. The third-order valence-electron chi connectivity index (χ3n) is 9.88. The van der Waals surface area contributed by atoms with E-state index in [1.54, 1.807) is 37.3 Å². The van der Waals surface area contributed by atoms with E-state index in [1.807, 2.05) is 92.9 Å². The van der Waals surface area contributed by atoms with E-state index in [2.05, 4.69) is 11.1 Å². The molecule has 4 nitrogen and oxygen atoms in total. The Hall–Kier alpha value is -5.57. The van der Waals surface area contributed by atoms with E-state index in [-0.39, 0.29) is 49.2 Å². The van der Waals surface area contributed by atoms with Crippen LogP contribution >= 0.6 is 0 Å². The molecule has 0 saturated heterocycles. The molecule has 0 fully saturated rings. The van der Waals surface area contributed by atoms with Gasteiger partial charge in [-0.15, -0.1) is 29.3 Å². The number of hydrogen-bond donors (Lipinski definition) is 1. The van der Waals surface area contributed by atoms with E-state index >= 15 is 0 Å². The Kier molecular flexibility index (Phi) is 6.40. The summed E-state index contributed by atoms with van der Waals surface area (Å²) in [6, 6.07) is 26.2. The Morgan fingerprint density at radius 1 is 0.690 bits per heavy atom. The van der Waals surface area contributed by atoms with Crippen LogP contribution in [0.15, 0.2) is 133 Å². The maximum Gasteiger partial charge on any atom is 0.148 e. The molecule has 0 radical (unpaired) electrons. The van der Waals surface area contributed by atoms with Crippen molar-refractivity contribution in [3.8, 4) is 67.5 Å². The number of imidazole rings is 1. The molecule has 0 saturated carbocycles. The summed E-state index contributed by atoms with van der Waals surface area (Å²) in [5.74, 6) is 0.305. The van der Waals surface area contributed by atoms with Gasteiger partial charge in [-0.3, -0.25) is 9.55 Å². The van der Waals surface area contributed by atoms with Crippen molar-refractivity contribution in [3.63, 3.8) is 0 Å². The van der Waals surface area contributed by atoms with Gasteiger partial charge in [0.15, 0.2) is 0 Å². The molecule has 8 aromatic rings. The predicted molar refractivity (Wildman–Crippen MR) is 238 cm³/mol. The number of para-hydroxylation sites is 1. The summed E-state index contributed by atoms with van der Waals surface area (Å²) in [5.41, 5.74) is -0.426. The largest absolute Gasteiger partial charge is 0.507 e. The zero-order valence-corrected chi connectivity index (χ0v) is 34.6. The van der Waals surface area contributed by atoms with Gasteiger partial charge in [0.2, 0.25) is 0 Å². The van der Waals surface area contributed by atoms with E-state index in [1.165, 1.54) is 0 Å². The molecule has 0 spiro atoms. The van der Waals surface area contributed by atoms with E-state index in [0.717, 1.165) is 17.2 Å². The first-order valence-corrected chi connectivity index (χ1v) is 18.3. The standard InChI is InChI=1S/C53H50N3O.Pt/c1-33-18-23-47(44(27-33)37-14-11-10-12-15-37)56-48-17-13-16-43(49(48)55-51(56)45-28-34(2)26-35(3)50(45)57)39-29-40(31-42(30-39)53(7,8)9)46-32-38(24-25-54-46)36-19-21-41(22-20-36)52(4,5)6;/h10-28,30-32,57H,1-9H3;/q-1;/i1D3,4D3,5D3,6D3,19D,20D,21D,22D,25D,32D;. The molecule has 2 heterocycles.